The number of rotatable bonds is 3. The molecular weight excluding hydrogens is 274 g/mol. The summed E-state index contributed by atoms with van der Waals surface area (Å²) >= 11 is 1.32. The summed E-state index contributed by atoms with van der Waals surface area (Å²) < 4.78 is 26.2. The van der Waals surface area contributed by atoms with Crippen molar-refractivity contribution in [2.75, 3.05) is 0 Å². The van der Waals surface area contributed by atoms with Crippen molar-refractivity contribution in [2.45, 2.75) is 6.92 Å². The fraction of sp³-hybridized carbons (Fsp3) is 0.0833. The maximum absolute atomic E-state index is 13.3. The molecule has 2 rings (SSSR count). The molecule has 0 fully saturated rings. The average molecular weight is 282 g/mol. The molecule has 0 bridgehead atoms. The topological polar surface area (TPSA) is 51.5 Å². The van der Waals surface area contributed by atoms with Gasteiger partial charge in [-0.1, -0.05) is 5.16 Å². The lowest BCUT2D eigenvalue weighted by Gasteiger charge is -2.01. The number of thiazole rings is 1. The molecule has 0 spiro atoms. The Morgan fingerprint density at radius 1 is 1.42 bits per heavy atom. The van der Waals surface area contributed by atoms with Crippen molar-refractivity contribution in [3.8, 4) is 0 Å². The molecule has 7 heteroatoms. The summed E-state index contributed by atoms with van der Waals surface area (Å²) in [4.78, 5) is 20.1. The monoisotopic (exact) mass is 282 g/mol. The first-order valence-electron chi connectivity index (χ1n) is 5.19. The van der Waals surface area contributed by atoms with E-state index in [1.165, 1.54) is 11.3 Å². The lowest BCUT2D eigenvalue weighted by Crippen LogP contribution is -2.06. The molecule has 0 aliphatic carbocycles. The standard InChI is InChI=1S/C12H8F2N2O2S/c1-7(11-15-4-5-19-11)16-18-12(17)9-6-8(13)2-3-10(9)14/h2-6H,1H3/b16-7+. The number of hydrogen-bond donors (Lipinski definition) is 0. The fourth-order valence-electron chi connectivity index (χ4n) is 1.25. The largest absolute Gasteiger partial charge is 0.368 e. The summed E-state index contributed by atoms with van der Waals surface area (Å²) in [6.07, 6.45) is 1.58. The van der Waals surface area contributed by atoms with E-state index in [9.17, 15) is 13.6 Å². The Bertz CT molecular complexity index is 627. The Morgan fingerprint density at radius 2 is 2.21 bits per heavy atom. The van der Waals surface area contributed by atoms with Crippen LogP contribution >= 0.6 is 11.3 Å². The van der Waals surface area contributed by atoms with Gasteiger partial charge in [-0.25, -0.2) is 18.6 Å². The molecule has 1 aromatic carbocycles. The predicted octanol–water partition coefficient (Wildman–Crippen LogP) is 3.00. The number of aromatic nitrogens is 1. The second-order valence-electron chi connectivity index (χ2n) is 3.52. The summed E-state index contributed by atoms with van der Waals surface area (Å²) in [6.45, 7) is 1.59. The molecule has 1 aromatic heterocycles. The highest BCUT2D eigenvalue weighted by Crippen LogP contribution is 2.12. The molecule has 0 radical (unpaired) electrons. The Kier molecular flexibility index (Phi) is 3.96. The molecule has 1 heterocycles. The predicted molar refractivity (Wildman–Crippen MR) is 66.1 cm³/mol. The van der Waals surface area contributed by atoms with Crippen molar-refractivity contribution in [3.63, 3.8) is 0 Å². The molecule has 0 saturated heterocycles. The maximum atomic E-state index is 13.3. The summed E-state index contributed by atoms with van der Waals surface area (Å²) in [6, 6.07) is 2.52. The van der Waals surface area contributed by atoms with Gasteiger partial charge in [-0.3, -0.25) is 0 Å². The van der Waals surface area contributed by atoms with Crippen LogP contribution in [0.25, 0.3) is 0 Å². The van der Waals surface area contributed by atoms with E-state index in [2.05, 4.69) is 15.0 Å². The molecule has 0 unspecified atom stereocenters. The third-order valence-corrected chi connectivity index (χ3v) is 3.04. The highest BCUT2D eigenvalue weighted by Gasteiger charge is 2.15. The van der Waals surface area contributed by atoms with Crippen LogP contribution in [-0.4, -0.2) is 16.7 Å². The van der Waals surface area contributed by atoms with Crippen LogP contribution in [0, 0.1) is 11.6 Å². The number of carbonyl (C=O) groups excluding carboxylic acids is 1. The van der Waals surface area contributed by atoms with E-state index in [4.69, 9.17) is 0 Å². The molecule has 0 N–H and O–H groups in total. The van der Waals surface area contributed by atoms with Gasteiger partial charge in [0, 0.05) is 11.6 Å². The molecule has 0 aliphatic rings. The maximum Gasteiger partial charge on any atom is 0.368 e. The van der Waals surface area contributed by atoms with E-state index in [-0.39, 0.29) is 0 Å². The Balaban J connectivity index is 2.14. The molecule has 2 aromatic rings. The molecule has 0 atom stereocenters. The number of benzene rings is 1. The Morgan fingerprint density at radius 3 is 2.89 bits per heavy atom. The third-order valence-electron chi connectivity index (χ3n) is 2.16. The minimum absolute atomic E-state index is 0.375. The number of carbonyl (C=O) groups is 1. The van der Waals surface area contributed by atoms with Gasteiger partial charge in [0.15, 0.2) is 0 Å². The van der Waals surface area contributed by atoms with E-state index in [0.29, 0.717) is 10.7 Å². The van der Waals surface area contributed by atoms with Crippen molar-refractivity contribution in [2.24, 2.45) is 5.16 Å². The SMILES string of the molecule is C/C(=N\OC(=O)c1cc(F)ccc1F)c1nccs1. The van der Waals surface area contributed by atoms with Crippen molar-refractivity contribution in [1.29, 1.82) is 0 Å². The first-order valence-corrected chi connectivity index (χ1v) is 6.07. The van der Waals surface area contributed by atoms with Crippen LogP contribution in [0.2, 0.25) is 0 Å². The zero-order valence-corrected chi connectivity index (χ0v) is 10.6. The zero-order chi connectivity index (χ0) is 13.8. The van der Waals surface area contributed by atoms with Crippen LogP contribution in [0.5, 0.6) is 0 Å². The van der Waals surface area contributed by atoms with Crippen LogP contribution in [0.1, 0.15) is 22.3 Å². The van der Waals surface area contributed by atoms with Gasteiger partial charge in [0.25, 0.3) is 0 Å². The van der Waals surface area contributed by atoms with Gasteiger partial charge in [-0.15, -0.1) is 11.3 Å². The highest BCUT2D eigenvalue weighted by molar-refractivity contribution is 7.11. The second kappa shape index (κ2) is 5.66. The van der Waals surface area contributed by atoms with Crippen LogP contribution in [-0.2, 0) is 4.84 Å². The summed E-state index contributed by atoms with van der Waals surface area (Å²) in [5.41, 5.74) is -0.129. The molecule has 98 valence electrons. The molecule has 0 amide bonds. The normalized spacial score (nSPS) is 11.4. The van der Waals surface area contributed by atoms with Crippen LogP contribution in [0.15, 0.2) is 34.9 Å². The van der Waals surface area contributed by atoms with Crippen molar-refractivity contribution in [3.05, 3.63) is 52.0 Å². The lowest BCUT2D eigenvalue weighted by atomic mass is 10.2. The van der Waals surface area contributed by atoms with Crippen molar-refractivity contribution < 1.29 is 18.4 Å². The van der Waals surface area contributed by atoms with Gasteiger partial charge >= 0.3 is 5.97 Å². The van der Waals surface area contributed by atoms with Crippen LogP contribution in [0.3, 0.4) is 0 Å². The van der Waals surface area contributed by atoms with Crippen LogP contribution < -0.4 is 0 Å². The van der Waals surface area contributed by atoms with Gasteiger partial charge in [0.1, 0.15) is 27.9 Å². The van der Waals surface area contributed by atoms with Gasteiger partial charge in [-0.2, -0.15) is 0 Å². The Hall–Kier alpha value is -2.15. The minimum atomic E-state index is -1.06. The van der Waals surface area contributed by atoms with Gasteiger partial charge in [0.05, 0.1) is 0 Å². The number of hydrogen-bond acceptors (Lipinski definition) is 5. The molecule has 19 heavy (non-hydrogen) atoms. The second-order valence-corrected chi connectivity index (χ2v) is 4.41. The van der Waals surface area contributed by atoms with E-state index in [0.717, 1.165) is 18.2 Å². The summed E-state index contributed by atoms with van der Waals surface area (Å²) in [5.74, 6) is -2.66. The fourth-order valence-corrected chi connectivity index (χ4v) is 1.83. The van der Waals surface area contributed by atoms with Crippen LogP contribution in [0.4, 0.5) is 8.78 Å². The molecule has 4 nitrogen and oxygen atoms in total. The lowest BCUT2D eigenvalue weighted by molar-refractivity contribution is 0.0510. The first kappa shape index (κ1) is 13.3. The van der Waals surface area contributed by atoms with Gasteiger partial charge in [0.2, 0.25) is 0 Å². The van der Waals surface area contributed by atoms with Crippen molar-refractivity contribution >= 4 is 23.0 Å². The molecular formula is C12H8F2N2O2S. The van der Waals surface area contributed by atoms with Gasteiger partial charge in [-0.05, 0) is 25.1 Å². The average Bonchev–Trinajstić information content (AvgIpc) is 2.92. The Labute approximate surface area is 111 Å². The number of nitrogens with zero attached hydrogens (tertiary/aromatic N) is 2. The first-order chi connectivity index (χ1) is 9.08. The zero-order valence-electron chi connectivity index (χ0n) is 9.76. The minimum Gasteiger partial charge on any atom is -0.312 e. The highest BCUT2D eigenvalue weighted by atomic mass is 32.1. The third kappa shape index (κ3) is 3.19. The van der Waals surface area contributed by atoms with E-state index < -0.39 is 23.2 Å². The van der Waals surface area contributed by atoms with E-state index in [1.807, 2.05) is 0 Å². The smallest absolute Gasteiger partial charge is 0.312 e. The molecule has 0 aliphatic heterocycles. The summed E-state index contributed by atoms with van der Waals surface area (Å²) in [7, 11) is 0. The van der Waals surface area contributed by atoms with Crippen molar-refractivity contribution in [1.82, 2.24) is 4.98 Å². The summed E-state index contributed by atoms with van der Waals surface area (Å²) in [5, 5.41) is 5.85. The number of halogens is 2. The number of oxime groups is 1. The quantitative estimate of drug-likeness (QED) is 0.494. The molecule has 0 saturated carbocycles. The van der Waals surface area contributed by atoms with E-state index >= 15 is 0 Å². The van der Waals surface area contributed by atoms with E-state index in [1.54, 1.807) is 18.5 Å². The van der Waals surface area contributed by atoms with Gasteiger partial charge < -0.3 is 4.84 Å².